The lowest BCUT2D eigenvalue weighted by molar-refractivity contribution is 0.581. The van der Waals surface area contributed by atoms with Crippen molar-refractivity contribution in [2.45, 2.75) is 19.8 Å². The van der Waals surface area contributed by atoms with Crippen LogP contribution in [0.15, 0.2) is 69.9 Å². The van der Waals surface area contributed by atoms with E-state index < -0.39 is 0 Å². The van der Waals surface area contributed by atoms with Crippen LogP contribution < -0.4 is 5.32 Å². The standard InChI is InChI=1S/C20H18BrN3O/c1-13(2)14-5-8-16(9-6-14)22-20-19(17-4-3-11-25-17)23-18-10-7-15(21)12-24(18)20/h3-13,22H,1-2H3. The van der Waals surface area contributed by atoms with Gasteiger partial charge >= 0.3 is 0 Å². The molecule has 4 rings (SSSR count). The van der Waals surface area contributed by atoms with Crippen molar-refractivity contribution in [2.24, 2.45) is 0 Å². The molecule has 5 heteroatoms. The van der Waals surface area contributed by atoms with Crippen LogP contribution in [0.25, 0.3) is 17.1 Å². The van der Waals surface area contributed by atoms with E-state index in [9.17, 15) is 0 Å². The van der Waals surface area contributed by atoms with Gasteiger partial charge in [-0.2, -0.15) is 0 Å². The van der Waals surface area contributed by atoms with Gasteiger partial charge in [-0.15, -0.1) is 0 Å². The topological polar surface area (TPSA) is 42.5 Å². The molecular weight excluding hydrogens is 378 g/mol. The Morgan fingerprint density at radius 2 is 1.88 bits per heavy atom. The molecule has 3 heterocycles. The zero-order chi connectivity index (χ0) is 17.4. The van der Waals surface area contributed by atoms with Gasteiger partial charge in [0.25, 0.3) is 0 Å². The second kappa shape index (κ2) is 6.41. The van der Waals surface area contributed by atoms with Crippen molar-refractivity contribution in [3.05, 3.63) is 71.0 Å². The van der Waals surface area contributed by atoms with Gasteiger partial charge in [0.2, 0.25) is 0 Å². The summed E-state index contributed by atoms with van der Waals surface area (Å²) in [5.41, 5.74) is 3.98. The van der Waals surface area contributed by atoms with E-state index in [1.165, 1.54) is 5.56 Å². The smallest absolute Gasteiger partial charge is 0.156 e. The second-order valence-electron chi connectivity index (χ2n) is 6.26. The first-order valence-electron chi connectivity index (χ1n) is 8.20. The van der Waals surface area contributed by atoms with Gasteiger partial charge in [-0.25, -0.2) is 4.98 Å². The van der Waals surface area contributed by atoms with Gasteiger partial charge in [-0.1, -0.05) is 26.0 Å². The van der Waals surface area contributed by atoms with Gasteiger partial charge in [0, 0.05) is 16.4 Å². The quantitative estimate of drug-likeness (QED) is 0.445. The Morgan fingerprint density at radius 1 is 1.08 bits per heavy atom. The van der Waals surface area contributed by atoms with Crippen molar-refractivity contribution in [3.8, 4) is 11.5 Å². The van der Waals surface area contributed by atoms with E-state index in [2.05, 4.69) is 59.4 Å². The third kappa shape index (κ3) is 3.07. The monoisotopic (exact) mass is 395 g/mol. The molecule has 0 unspecified atom stereocenters. The lowest BCUT2D eigenvalue weighted by Gasteiger charge is -2.10. The molecule has 0 aliphatic heterocycles. The van der Waals surface area contributed by atoms with Crippen LogP contribution in [-0.4, -0.2) is 9.38 Å². The van der Waals surface area contributed by atoms with Gasteiger partial charge < -0.3 is 9.73 Å². The van der Waals surface area contributed by atoms with Crippen molar-refractivity contribution in [2.75, 3.05) is 5.32 Å². The number of hydrogen-bond acceptors (Lipinski definition) is 3. The molecule has 126 valence electrons. The molecule has 1 aromatic carbocycles. The summed E-state index contributed by atoms with van der Waals surface area (Å²) in [6, 6.07) is 16.2. The molecule has 0 saturated heterocycles. The minimum absolute atomic E-state index is 0.513. The molecule has 0 fully saturated rings. The van der Waals surface area contributed by atoms with Crippen LogP contribution >= 0.6 is 15.9 Å². The number of aromatic nitrogens is 2. The number of rotatable bonds is 4. The number of pyridine rings is 1. The van der Waals surface area contributed by atoms with Crippen molar-refractivity contribution in [3.63, 3.8) is 0 Å². The molecule has 4 aromatic rings. The van der Waals surface area contributed by atoms with E-state index in [1.54, 1.807) is 6.26 Å². The van der Waals surface area contributed by atoms with Crippen molar-refractivity contribution in [1.29, 1.82) is 0 Å². The molecule has 0 bridgehead atoms. The van der Waals surface area contributed by atoms with Gasteiger partial charge in [-0.3, -0.25) is 4.40 Å². The van der Waals surface area contributed by atoms with E-state index in [-0.39, 0.29) is 0 Å². The minimum Gasteiger partial charge on any atom is -0.463 e. The minimum atomic E-state index is 0.513. The molecule has 0 radical (unpaired) electrons. The summed E-state index contributed by atoms with van der Waals surface area (Å²) < 4.78 is 8.59. The Labute approximate surface area is 154 Å². The summed E-state index contributed by atoms with van der Waals surface area (Å²) >= 11 is 3.54. The molecule has 4 nitrogen and oxygen atoms in total. The van der Waals surface area contributed by atoms with Crippen LogP contribution in [0.5, 0.6) is 0 Å². The molecule has 0 atom stereocenters. The molecule has 0 aliphatic carbocycles. The molecule has 25 heavy (non-hydrogen) atoms. The summed E-state index contributed by atoms with van der Waals surface area (Å²) in [6.45, 7) is 4.39. The van der Waals surface area contributed by atoms with Crippen LogP contribution in [0, 0.1) is 0 Å². The van der Waals surface area contributed by atoms with Crippen LogP contribution in [-0.2, 0) is 0 Å². The fourth-order valence-electron chi connectivity index (χ4n) is 2.81. The van der Waals surface area contributed by atoms with Crippen molar-refractivity contribution < 1.29 is 4.42 Å². The summed E-state index contributed by atoms with van der Waals surface area (Å²) in [6.07, 6.45) is 3.66. The molecule has 0 aliphatic rings. The molecule has 0 saturated carbocycles. The lowest BCUT2D eigenvalue weighted by atomic mass is 10.0. The Kier molecular flexibility index (Phi) is 4.09. The molecule has 0 amide bonds. The molecular formula is C20H18BrN3O. The number of benzene rings is 1. The maximum atomic E-state index is 5.58. The molecule has 1 N–H and O–H groups in total. The third-order valence-electron chi connectivity index (χ3n) is 4.18. The highest BCUT2D eigenvalue weighted by molar-refractivity contribution is 9.10. The zero-order valence-corrected chi connectivity index (χ0v) is 15.6. The van der Waals surface area contributed by atoms with Crippen LogP contribution in [0.4, 0.5) is 11.5 Å². The van der Waals surface area contributed by atoms with Crippen molar-refractivity contribution in [1.82, 2.24) is 9.38 Å². The van der Waals surface area contributed by atoms with Crippen LogP contribution in [0.3, 0.4) is 0 Å². The average molecular weight is 396 g/mol. The highest BCUT2D eigenvalue weighted by Crippen LogP contribution is 2.32. The largest absolute Gasteiger partial charge is 0.463 e. The maximum Gasteiger partial charge on any atom is 0.156 e. The first kappa shape index (κ1) is 16.0. The fraction of sp³-hybridized carbons (Fsp3) is 0.150. The predicted octanol–water partition coefficient (Wildman–Crippen LogP) is 6.22. The Balaban J connectivity index is 1.81. The first-order valence-corrected chi connectivity index (χ1v) is 8.99. The number of hydrogen-bond donors (Lipinski definition) is 1. The summed E-state index contributed by atoms with van der Waals surface area (Å²) in [5.74, 6) is 2.13. The van der Waals surface area contributed by atoms with E-state index >= 15 is 0 Å². The van der Waals surface area contributed by atoms with Gasteiger partial charge in [-0.05, 0) is 63.8 Å². The van der Waals surface area contributed by atoms with Crippen LogP contribution in [0.1, 0.15) is 25.3 Å². The number of nitrogens with zero attached hydrogens (tertiary/aromatic N) is 2. The van der Waals surface area contributed by atoms with Gasteiger partial charge in [0.15, 0.2) is 5.76 Å². The maximum absolute atomic E-state index is 5.58. The first-order chi connectivity index (χ1) is 12.1. The third-order valence-corrected chi connectivity index (χ3v) is 4.65. The second-order valence-corrected chi connectivity index (χ2v) is 7.18. The lowest BCUT2D eigenvalue weighted by Crippen LogP contribution is -1.97. The van der Waals surface area contributed by atoms with Gasteiger partial charge in [0.1, 0.15) is 17.2 Å². The Morgan fingerprint density at radius 3 is 2.56 bits per heavy atom. The number of furan rings is 1. The van der Waals surface area contributed by atoms with E-state index in [0.717, 1.165) is 33.1 Å². The summed E-state index contributed by atoms with van der Waals surface area (Å²) in [7, 11) is 0. The predicted molar refractivity (Wildman–Crippen MR) is 104 cm³/mol. The number of imidazole rings is 1. The normalized spacial score (nSPS) is 11.4. The number of halogens is 1. The van der Waals surface area contributed by atoms with E-state index in [0.29, 0.717) is 5.92 Å². The average Bonchev–Trinajstić information content (AvgIpc) is 3.24. The summed E-state index contributed by atoms with van der Waals surface area (Å²) in [5, 5.41) is 3.50. The van der Waals surface area contributed by atoms with E-state index in [1.807, 2.05) is 34.9 Å². The van der Waals surface area contributed by atoms with Crippen LogP contribution in [0.2, 0.25) is 0 Å². The number of nitrogens with one attached hydrogen (secondary N) is 1. The molecule has 0 spiro atoms. The SMILES string of the molecule is CC(C)c1ccc(Nc2c(-c3ccco3)nc3ccc(Br)cn23)cc1. The highest BCUT2D eigenvalue weighted by Gasteiger charge is 2.16. The fourth-order valence-corrected chi connectivity index (χ4v) is 3.15. The Bertz CT molecular complexity index is 1000. The Hall–Kier alpha value is -2.53. The van der Waals surface area contributed by atoms with Crippen molar-refractivity contribution >= 4 is 33.1 Å². The zero-order valence-electron chi connectivity index (χ0n) is 14.0. The molecule has 3 aromatic heterocycles. The van der Waals surface area contributed by atoms with E-state index in [4.69, 9.17) is 9.40 Å². The summed E-state index contributed by atoms with van der Waals surface area (Å²) in [4.78, 5) is 4.72. The highest BCUT2D eigenvalue weighted by atomic mass is 79.9. The number of fused-ring (bicyclic) bond motifs is 1. The number of anilines is 2. The van der Waals surface area contributed by atoms with Gasteiger partial charge in [0.05, 0.1) is 6.26 Å².